The van der Waals surface area contributed by atoms with E-state index in [4.69, 9.17) is 5.11 Å². The van der Waals surface area contributed by atoms with Crippen LogP contribution in [0.5, 0.6) is 0 Å². The molecule has 140 valence electrons. The van der Waals surface area contributed by atoms with E-state index in [1.54, 1.807) is 0 Å². The fourth-order valence-corrected chi connectivity index (χ4v) is 3.60. The summed E-state index contributed by atoms with van der Waals surface area (Å²) in [7, 11) is 0. The molecule has 3 aromatic heterocycles. The van der Waals surface area contributed by atoms with Crippen LogP contribution in [-0.4, -0.2) is 37.1 Å². The molecule has 1 aromatic carbocycles. The van der Waals surface area contributed by atoms with Gasteiger partial charge in [0.2, 0.25) is 0 Å². The minimum atomic E-state index is -1.04. The van der Waals surface area contributed by atoms with E-state index < -0.39 is 5.97 Å². The summed E-state index contributed by atoms with van der Waals surface area (Å²) in [4.78, 5) is 33.0. The van der Waals surface area contributed by atoms with Gasteiger partial charge in [0.05, 0.1) is 17.0 Å². The third-order valence-corrected chi connectivity index (χ3v) is 5.08. The van der Waals surface area contributed by atoms with E-state index in [9.17, 15) is 9.59 Å². The Bertz CT molecular complexity index is 1180. The maximum Gasteiger partial charge on any atom is 0.335 e. The number of pyridine rings is 1. The number of anilines is 1. The molecule has 0 saturated heterocycles. The Hall–Kier alpha value is -3.59. The summed E-state index contributed by atoms with van der Waals surface area (Å²) in [5.41, 5.74) is 3.84. The molecule has 0 fully saturated rings. The molecule has 0 unspecified atom stereocenters. The number of hydrogen-bond donors (Lipinski definition) is 3. The van der Waals surface area contributed by atoms with Gasteiger partial charge in [0.15, 0.2) is 5.13 Å². The van der Waals surface area contributed by atoms with Crippen molar-refractivity contribution in [2.45, 2.75) is 13.3 Å². The second-order valence-corrected chi connectivity index (χ2v) is 6.95. The normalized spacial score (nSPS) is 10.9. The number of aryl methyl sites for hydroxylation is 1. The molecule has 3 N–H and O–H groups in total. The number of nitrogens with one attached hydrogen (secondary N) is 2. The number of aromatic amines is 1. The Kier molecular flexibility index (Phi) is 4.58. The zero-order valence-electron chi connectivity index (χ0n) is 14.8. The Morgan fingerprint density at radius 3 is 2.57 bits per heavy atom. The summed E-state index contributed by atoms with van der Waals surface area (Å²) < 4.78 is 0. The first-order valence-electron chi connectivity index (χ1n) is 8.50. The van der Waals surface area contributed by atoms with Gasteiger partial charge in [0.1, 0.15) is 10.3 Å². The van der Waals surface area contributed by atoms with Crippen molar-refractivity contribution in [1.29, 1.82) is 0 Å². The maximum absolute atomic E-state index is 12.4. The van der Waals surface area contributed by atoms with E-state index in [2.05, 4.69) is 25.5 Å². The number of nitrogens with zero attached hydrogens (tertiary/aromatic N) is 3. The SMILES string of the molecule is CCc1n[nH]cc1-c1ccc2nc(NC(=O)c3ccc(C(=O)O)cc3)sc2n1. The van der Waals surface area contributed by atoms with Crippen molar-refractivity contribution in [2.75, 3.05) is 5.32 Å². The molecule has 9 heteroatoms. The van der Waals surface area contributed by atoms with E-state index >= 15 is 0 Å². The Labute approximate surface area is 163 Å². The minimum Gasteiger partial charge on any atom is -0.478 e. The van der Waals surface area contributed by atoms with Gasteiger partial charge < -0.3 is 5.11 Å². The van der Waals surface area contributed by atoms with E-state index in [-0.39, 0.29) is 11.5 Å². The third kappa shape index (κ3) is 3.35. The summed E-state index contributed by atoms with van der Waals surface area (Å²) in [5.74, 6) is -1.40. The Balaban J connectivity index is 1.58. The quantitative estimate of drug-likeness (QED) is 0.476. The Morgan fingerprint density at radius 2 is 1.86 bits per heavy atom. The van der Waals surface area contributed by atoms with Crippen molar-refractivity contribution in [3.63, 3.8) is 0 Å². The molecule has 0 aliphatic rings. The average molecular weight is 393 g/mol. The predicted octanol–water partition coefficient (Wildman–Crippen LogP) is 3.59. The van der Waals surface area contributed by atoms with Gasteiger partial charge in [-0.3, -0.25) is 15.2 Å². The van der Waals surface area contributed by atoms with Crippen LogP contribution in [0.15, 0.2) is 42.6 Å². The topological polar surface area (TPSA) is 121 Å². The number of thiazole rings is 1. The van der Waals surface area contributed by atoms with Crippen LogP contribution in [-0.2, 0) is 6.42 Å². The molecule has 0 saturated carbocycles. The minimum absolute atomic E-state index is 0.124. The molecule has 28 heavy (non-hydrogen) atoms. The smallest absolute Gasteiger partial charge is 0.335 e. The number of carboxylic acid groups (broad SMARTS) is 1. The number of H-pyrrole nitrogens is 1. The molecular weight excluding hydrogens is 378 g/mol. The maximum atomic E-state index is 12.4. The van der Waals surface area contributed by atoms with Crippen molar-refractivity contribution in [3.8, 4) is 11.3 Å². The van der Waals surface area contributed by atoms with Gasteiger partial charge in [-0.25, -0.2) is 14.8 Å². The zero-order valence-corrected chi connectivity index (χ0v) is 15.6. The Morgan fingerprint density at radius 1 is 1.11 bits per heavy atom. The van der Waals surface area contributed by atoms with Gasteiger partial charge in [-0.15, -0.1) is 0 Å². The molecular formula is C19H15N5O3S. The number of carboxylic acids is 1. The molecule has 0 aliphatic heterocycles. The summed E-state index contributed by atoms with van der Waals surface area (Å²) in [6.45, 7) is 2.03. The monoisotopic (exact) mass is 393 g/mol. The summed E-state index contributed by atoms with van der Waals surface area (Å²) >= 11 is 1.27. The summed E-state index contributed by atoms with van der Waals surface area (Å²) in [5, 5.41) is 19.2. The molecule has 0 aliphatic carbocycles. The number of aromatic carboxylic acids is 1. The molecule has 4 aromatic rings. The van der Waals surface area contributed by atoms with Crippen molar-refractivity contribution in [2.24, 2.45) is 0 Å². The molecule has 0 bridgehead atoms. The van der Waals surface area contributed by atoms with Crippen molar-refractivity contribution in [1.82, 2.24) is 20.2 Å². The summed E-state index contributed by atoms with van der Waals surface area (Å²) in [6.07, 6.45) is 2.61. The first-order chi connectivity index (χ1) is 13.5. The van der Waals surface area contributed by atoms with Crippen molar-refractivity contribution in [3.05, 3.63) is 59.4 Å². The molecule has 3 heterocycles. The van der Waals surface area contributed by atoms with E-state index in [0.29, 0.717) is 21.0 Å². The number of hydrogen-bond acceptors (Lipinski definition) is 6. The lowest BCUT2D eigenvalue weighted by atomic mass is 10.1. The van der Waals surface area contributed by atoms with Gasteiger partial charge in [-0.2, -0.15) is 5.10 Å². The number of benzene rings is 1. The van der Waals surface area contributed by atoms with Gasteiger partial charge in [-0.1, -0.05) is 18.3 Å². The standard InChI is InChI=1S/C19H15N5O3S/c1-2-13-12(9-20-24-13)14-7-8-15-17(21-14)28-19(22-15)23-16(25)10-3-5-11(6-4-10)18(26)27/h3-9H,2H2,1H3,(H,20,24)(H,26,27)(H,22,23,25). The first-order valence-corrected chi connectivity index (χ1v) is 9.32. The van der Waals surface area contributed by atoms with Crippen LogP contribution < -0.4 is 5.32 Å². The van der Waals surface area contributed by atoms with Gasteiger partial charge in [0.25, 0.3) is 5.91 Å². The highest BCUT2D eigenvalue weighted by molar-refractivity contribution is 7.22. The average Bonchev–Trinajstić information content (AvgIpc) is 3.33. The molecule has 0 radical (unpaired) electrons. The molecule has 0 spiro atoms. The van der Waals surface area contributed by atoms with Crippen LogP contribution in [0.2, 0.25) is 0 Å². The zero-order chi connectivity index (χ0) is 19.7. The van der Waals surface area contributed by atoms with Crippen LogP contribution in [0.3, 0.4) is 0 Å². The van der Waals surface area contributed by atoms with Crippen LogP contribution in [0.1, 0.15) is 33.3 Å². The molecule has 8 nitrogen and oxygen atoms in total. The fraction of sp³-hybridized carbons (Fsp3) is 0.105. The van der Waals surface area contributed by atoms with Gasteiger partial charge in [0, 0.05) is 17.3 Å². The van der Waals surface area contributed by atoms with Crippen LogP contribution >= 0.6 is 11.3 Å². The lowest BCUT2D eigenvalue weighted by Crippen LogP contribution is -2.11. The highest BCUT2D eigenvalue weighted by Gasteiger charge is 2.14. The van der Waals surface area contributed by atoms with E-state index in [1.165, 1.54) is 35.6 Å². The van der Waals surface area contributed by atoms with Crippen LogP contribution in [0, 0.1) is 0 Å². The lowest BCUT2D eigenvalue weighted by Gasteiger charge is -2.01. The second kappa shape index (κ2) is 7.20. The number of aromatic nitrogens is 4. The fourth-order valence-electron chi connectivity index (χ4n) is 2.76. The van der Waals surface area contributed by atoms with Gasteiger partial charge in [-0.05, 0) is 42.8 Å². The number of carbonyl (C=O) groups is 2. The van der Waals surface area contributed by atoms with Crippen molar-refractivity contribution >= 4 is 38.7 Å². The van der Waals surface area contributed by atoms with Crippen LogP contribution in [0.25, 0.3) is 21.6 Å². The van der Waals surface area contributed by atoms with E-state index in [0.717, 1.165) is 23.4 Å². The highest BCUT2D eigenvalue weighted by Crippen LogP contribution is 2.28. The van der Waals surface area contributed by atoms with Gasteiger partial charge >= 0.3 is 5.97 Å². The van der Waals surface area contributed by atoms with Crippen molar-refractivity contribution < 1.29 is 14.7 Å². The summed E-state index contributed by atoms with van der Waals surface area (Å²) in [6, 6.07) is 9.45. The third-order valence-electron chi connectivity index (χ3n) is 4.20. The molecule has 1 amide bonds. The number of rotatable bonds is 5. The predicted molar refractivity (Wildman–Crippen MR) is 106 cm³/mol. The number of amides is 1. The lowest BCUT2D eigenvalue weighted by molar-refractivity contribution is 0.0696. The number of carbonyl (C=O) groups excluding carboxylic acids is 1. The van der Waals surface area contributed by atoms with E-state index in [1.807, 2.05) is 25.3 Å². The largest absolute Gasteiger partial charge is 0.478 e. The number of fused-ring (bicyclic) bond motifs is 1. The highest BCUT2D eigenvalue weighted by atomic mass is 32.1. The molecule has 0 atom stereocenters. The van der Waals surface area contributed by atoms with Crippen LogP contribution in [0.4, 0.5) is 5.13 Å². The molecule has 4 rings (SSSR count). The first kappa shape index (κ1) is 17.8. The second-order valence-electron chi connectivity index (χ2n) is 5.98.